The first-order valence-electron chi connectivity index (χ1n) is 9.63. The topological polar surface area (TPSA) is 110 Å². The molecule has 0 N–H and O–H groups in total. The quantitative estimate of drug-likeness (QED) is 0.473. The van der Waals surface area contributed by atoms with E-state index in [4.69, 9.17) is 23.5 Å². The summed E-state index contributed by atoms with van der Waals surface area (Å²) in [6.45, 7) is 3.73. The Bertz CT molecular complexity index is 1030. The van der Waals surface area contributed by atoms with Gasteiger partial charge in [-0.15, -0.1) is 0 Å². The smallest absolute Gasteiger partial charge is 0.338 e. The molecule has 2 aromatic carbocycles. The molecule has 0 aliphatic carbocycles. The van der Waals surface area contributed by atoms with Crippen LogP contribution in [0.15, 0.2) is 47.0 Å². The predicted molar refractivity (Wildman–Crippen MR) is 109 cm³/mol. The highest BCUT2D eigenvalue weighted by atomic mass is 16.5. The Morgan fingerprint density at radius 3 is 2.23 bits per heavy atom. The molecule has 0 bridgehead atoms. The van der Waals surface area contributed by atoms with E-state index in [1.807, 2.05) is 18.2 Å². The molecule has 3 rings (SSSR count). The maximum Gasteiger partial charge on any atom is 0.338 e. The van der Waals surface area contributed by atoms with Crippen LogP contribution in [0.25, 0.3) is 11.4 Å². The summed E-state index contributed by atoms with van der Waals surface area (Å²) < 4.78 is 26.1. The Morgan fingerprint density at radius 2 is 1.61 bits per heavy atom. The summed E-state index contributed by atoms with van der Waals surface area (Å²) in [5, 5.41) is 3.94. The van der Waals surface area contributed by atoms with Gasteiger partial charge in [-0.05, 0) is 44.2 Å². The lowest BCUT2D eigenvalue weighted by Crippen LogP contribution is -2.10. The molecule has 162 valence electrons. The van der Waals surface area contributed by atoms with Crippen molar-refractivity contribution in [2.24, 2.45) is 0 Å². The molecule has 1 aromatic heterocycles. The molecule has 31 heavy (non-hydrogen) atoms. The van der Waals surface area contributed by atoms with Gasteiger partial charge in [-0.3, -0.25) is 0 Å². The summed E-state index contributed by atoms with van der Waals surface area (Å²) in [4.78, 5) is 28.6. The molecule has 1 heterocycles. The van der Waals surface area contributed by atoms with Gasteiger partial charge in [0.2, 0.25) is 5.82 Å². The van der Waals surface area contributed by atoms with Gasteiger partial charge >= 0.3 is 11.9 Å². The maximum absolute atomic E-state index is 12.1. The zero-order chi connectivity index (χ0) is 22.2. The molecular formula is C22H22N2O7. The minimum atomic E-state index is -0.573. The molecule has 0 aliphatic heterocycles. The lowest BCUT2D eigenvalue weighted by Gasteiger charge is -2.09. The minimum Gasteiger partial charge on any atom is -0.497 e. The minimum absolute atomic E-state index is 0.0640. The van der Waals surface area contributed by atoms with E-state index < -0.39 is 11.9 Å². The van der Waals surface area contributed by atoms with Crippen molar-refractivity contribution in [3.63, 3.8) is 0 Å². The van der Waals surface area contributed by atoms with Crippen molar-refractivity contribution in [1.29, 1.82) is 0 Å². The van der Waals surface area contributed by atoms with E-state index in [-0.39, 0.29) is 42.6 Å². The number of aromatic nitrogens is 2. The average Bonchev–Trinajstić information content (AvgIpc) is 3.27. The van der Waals surface area contributed by atoms with Crippen molar-refractivity contribution in [3.05, 3.63) is 59.5 Å². The number of nitrogens with zero attached hydrogens (tertiary/aromatic N) is 2. The van der Waals surface area contributed by atoms with Crippen LogP contribution in [0.2, 0.25) is 0 Å². The first kappa shape index (κ1) is 21.8. The van der Waals surface area contributed by atoms with E-state index in [0.717, 1.165) is 5.56 Å². The van der Waals surface area contributed by atoms with Crippen molar-refractivity contribution >= 4 is 11.9 Å². The highest BCUT2D eigenvalue weighted by Crippen LogP contribution is 2.23. The van der Waals surface area contributed by atoms with E-state index in [2.05, 4.69) is 10.1 Å². The Labute approximate surface area is 178 Å². The molecule has 9 heteroatoms. The van der Waals surface area contributed by atoms with Crippen molar-refractivity contribution in [2.45, 2.75) is 20.5 Å². The van der Waals surface area contributed by atoms with Gasteiger partial charge in [-0.2, -0.15) is 4.98 Å². The molecule has 3 aromatic rings. The summed E-state index contributed by atoms with van der Waals surface area (Å²) in [5.41, 5.74) is 1.07. The van der Waals surface area contributed by atoms with Crippen LogP contribution < -0.4 is 9.47 Å². The molecule has 9 nitrogen and oxygen atoms in total. The van der Waals surface area contributed by atoms with E-state index >= 15 is 0 Å². The molecule has 0 unspecified atom stereocenters. The first-order chi connectivity index (χ1) is 15.0. The van der Waals surface area contributed by atoms with Crippen LogP contribution in [0, 0.1) is 0 Å². The lowest BCUT2D eigenvalue weighted by atomic mass is 10.1. The standard InChI is InChI=1S/C22H22N2O7/c1-4-28-21(25)15-9-16(22(26)29-5-2)12-18(11-15)30-13-19-23-20(24-31-19)14-7-6-8-17(10-14)27-3/h6-12H,4-5,13H2,1-3H3. The third kappa shape index (κ3) is 5.59. The molecule has 0 spiro atoms. The number of hydrogen-bond acceptors (Lipinski definition) is 9. The van der Waals surface area contributed by atoms with Crippen LogP contribution in [0.4, 0.5) is 0 Å². The highest BCUT2D eigenvalue weighted by Gasteiger charge is 2.16. The average molecular weight is 426 g/mol. The normalized spacial score (nSPS) is 10.4. The van der Waals surface area contributed by atoms with Crippen LogP contribution >= 0.6 is 0 Å². The summed E-state index contributed by atoms with van der Waals surface area (Å²) in [7, 11) is 1.57. The molecule has 0 saturated heterocycles. The van der Waals surface area contributed by atoms with Gasteiger partial charge in [0.05, 0.1) is 31.5 Å². The monoisotopic (exact) mass is 426 g/mol. The number of rotatable bonds is 9. The number of ether oxygens (including phenoxy) is 4. The van der Waals surface area contributed by atoms with Gasteiger partial charge in [0, 0.05) is 5.56 Å². The number of methoxy groups -OCH3 is 1. The van der Waals surface area contributed by atoms with Crippen LogP contribution in [0.5, 0.6) is 11.5 Å². The Hall–Kier alpha value is -3.88. The second-order valence-corrected chi connectivity index (χ2v) is 6.22. The number of benzene rings is 2. The highest BCUT2D eigenvalue weighted by molar-refractivity contribution is 5.96. The molecular weight excluding hydrogens is 404 g/mol. The maximum atomic E-state index is 12.1. The molecule has 0 saturated carbocycles. The Kier molecular flexibility index (Phi) is 7.21. The fraction of sp³-hybridized carbons (Fsp3) is 0.273. The van der Waals surface area contributed by atoms with Crippen molar-refractivity contribution < 1.29 is 33.1 Å². The SMILES string of the molecule is CCOC(=O)c1cc(OCc2nc(-c3cccc(OC)c3)no2)cc(C(=O)OCC)c1. The predicted octanol–water partition coefficient (Wildman–Crippen LogP) is 3.68. The van der Waals surface area contributed by atoms with Gasteiger partial charge in [0.1, 0.15) is 11.5 Å². The zero-order valence-corrected chi connectivity index (χ0v) is 17.4. The van der Waals surface area contributed by atoms with Crippen LogP contribution in [0.1, 0.15) is 40.5 Å². The number of esters is 2. The third-order valence-corrected chi connectivity index (χ3v) is 4.09. The molecule has 0 fully saturated rings. The third-order valence-electron chi connectivity index (χ3n) is 4.09. The van der Waals surface area contributed by atoms with Gasteiger partial charge < -0.3 is 23.5 Å². The lowest BCUT2D eigenvalue weighted by molar-refractivity contribution is 0.0524. The van der Waals surface area contributed by atoms with Gasteiger partial charge in [0.25, 0.3) is 5.89 Å². The van der Waals surface area contributed by atoms with Crippen LogP contribution in [-0.4, -0.2) is 42.4 Å². The summed E-state index contributed by atoms with van der Waals surface area (Å²) >= 11 is 0. The molecule has 0 aliphatic rings. The number of carbonyl (C=O) groups is 2. The first-order valence-corrected chi connectivity index (χ1v) is 9.63. The summed E-state index contributed by atoms with van der Waals surface area (Å²) in [6.07, 6.45) is 0. The largest absolute Gasteiger partial charge is 0.497 e. The van der Waals surface area contributed by atoms with Crippen molar-refractivity contribution in [3.8, 4) is 22.9 Å². The van der Waals surface area contributed by atoms with Gasteiger partial charge in [-0.1, -0.05) is 17.3 Å². The van der Waals surface area contributed by atoms with Crippen molar-refractivity contribution in [1.82, 2.24) is 10.1 Å². The Morgan fingerprint density at radius 1 is 0.935 bits per heavy atom. The van der Waals surface area contributed by atoms with Crippen LogP contribution in [-0.2, 0) is 16.1 Å². The summed E-state index contributed by atoms with van der Waals surface area (Å²) in [6, 6.07) is 11.6. The van der Waals surface area contributed by atoms with Gasteiger partial charge in [0.15, 0.2) is 6.61 Å². The zero-order valence-electron chi connectivity index (χ0n) is 17.4. The molecule has 0 atom stereocenters. The second-order valence-electron chi connectivity index (χ2n) is 6.22. The number of hydrogen-bond donors (Lipinski definition) is 0. The Balaban J connectivity index is 1.78. The fourth-order valence-corrected chi connectivity index (χ4v) is 2.68. The van der Waals surface area contributed by atoms with Gasteiger partial charge in [-0.25, -0.2) is 9.59 Å². The van der Waals surface area contributed by atoms with Crippen molar-refractivity contribution in [2.75, 3.05) is 20.3 Å². The van der Waals surface area contributed by atoms with Crippen LogP contribution in [0.3, 0.4) is 0 Å². The fourth-order valence-electron chi connectivity index (χ4n) is 2.68. The van der Waals surface area contributed by atoms with E-state index in [9.17, 15) is 9.59 Å². The molecule has 0 radical (unpaired) electrons. The van der Waals surface area contributed by atoms with E-state index in [0.29, 0.717) is 11.6 Å². The summed E-state index contributed by atoms with van der Waals surface area (Å²) in [5.74, 6) is 0.382. The van der Waals surface area contributed by atoms with E-state index in [1.165, 1.54) is 18.2 Å². The number of carbonyl (C=O) groups excluding carboxylic acids is 2. The van der Waals surface area contributed by atoms with E-state index in [1.54, 1.807) is 27.0 Å². The molecule has 0 amide bonds. The second kappa shape index (κ2) is 10.2.